The van der Waals surface area contributed by atoms with E-state index in [0.717, 1.165) is 17.5 Å². The van der Waals surface area contributed by atoms with Crippen molar-refractivity contribution in [1.29, 1.82) is 0 Å². The van der Waals surface area contributed by atoms with E-state index in [2.05, 4.69) is 15.5 Å². The summed E-state index contributed by atoms with van der Waals surface area (Å²) in [6.07, 6.45) is 1.49. The smallest absolute Gasteiger partial charge is 0.247 e. The second-order valence-electron chi connectivity index (χ2n) is 7.72. The Labute approximate surface area is 181 Å². The lowest BCUT2D eigenvalue weighted by molar-refractivity contribution is -0.114. The predicted octanol–water partition coefficient (Wildman–Crippen LogP) is 3.57. The van der Waals surface area contributed by atoms with Gasteiger partial charge in [-0.05, 0) is 56.2 Å². The van der Waals surface area contributed by atoms with Gasteiger partial charge in [-0.3, -0.25) is 4.79 Å². The van der Waals surface area contributed by atoms with Crippen molar-refractivity contribution in [1.82, 2.24) is 14.5 Å². The summed E-state index contributed by atoms with van der Waals surface area (Å²) < 4.78 is 33.6. The molecule has 1 aliphatic rings. The van der Waals surface area contributed by atoms with E-state index in [4.69, 9.17) is 4.42 Å². The number of sulfonamides is 1. The maximum Gasteiger partial charge on any atom is 0.247 e. The molecule has 0 bridgehead atoms. The first-order valence-corrected chi connectivity index (χ1v) is 11.6. The van der Waals surface area contributed by atoms with Gasteiger partial charge in [-0.2, -0.15) is 4.31 Å². The molecule has 0 aliphatic carbocycles. The Hall–Kier alpha value is -3.04. The molecule has 1 N–H and O–H groups in total. The SMILES string of the molecule is CC(=O)Nc1ccc(S(=O)(=O)N2CCCC(c3nnc(-c4ccc(C)cc4)o3)C2)cc1. The number of aryl methyl sites for hydroxylation is 1. The van der Waals surface area contributed by atoms with Crippen LogP contribution in [0.25, 0.3) is 11.5 Å². The van der Waals surface area contributed by atoms with Crippen LogP contribution < -0.4 is 5.32 Å². The van der Waals surface area contributed by atoms with Gasteiger partial charge in [-0.25, -0.2) is 8.42 Å². The summed E-state index contributed by atoms with van der Waals surface area (Å²) in [4.78, 5) is 11.4. The van der Waals surface area contributed by atoms with Crippen LogP contribution in [-0.2, 0) is 14.8 Å². The maximum atomic E-state index is 13.1. The van der Waals surface area contributed by atoms with Gasteiger partial charge in [0, 0.05) is 31.3 Å². The number of carbonyl (C=O) groups excluding carboxylic acids is 1. The van der Waals surface area contributed by atoms with Crippen molar-refractivity contribution < 1.29 is 17.6 Å². The van der Waals surface area contributed by atoms with Crippen molar-refractivity contribution in [3.63, 3.8) is 0 Å². The molecule has 9 heteroatoms. The van der Waals surface area contributed by atoms with Crippen LogP contribution >= 0.6 is 0 Å². The van der Waals surface area contributed by atoms with Crippen LogP contribution in [0.5, 0.6) is 0 Å². The molecule has 1 saturated heterocycles. The van der Waals surface area contributed by atoms with Gasteiger partial charge in [-0.1, -0.05) is 17.7 Å². The van der Waals surface area contributed by atoms with Gasteiger partial charge in [-0.15, -0.1) is 10.2 Å². The fourth-order valence-electron chi connectivity index (χ4n) is 3.64. The number of benzene rings is 2. The van der Waals surface area contributed by atoms with Crippen molar-refractivity contribution >= 4 is 21.6 Å². The first-order valence-electron chi connectivity index (χ1n) is 10.1. The summed E-state index contributed by atoms with van der Waals surface area (Å²) in [6, 6.07) is 14.0. The molecular weight excluding hydrogens is 416 g/mol. The van der Waals surface area contributed by atoms with Gasteiger partial charge in [0.25, 0.3) is 0 Å². The maximum absolute atomic E-state index is 13.1. The number of amides is 1. The molecule has 0 saturated carbocycles. The average molecular weight is 441 g/mol. The minimum absolute atomic E-state index is 0.158. The highest BCUT2D eigenvalue weighted by molar-refractivity contribution is 7.89. The molecule has 1 fully saturated rings. The van der Waals surface area contributed by atoms with Crippen LogP contribution in [0.2, 0.25) is 0 Å². The monoisotopic (exact) mass is 440 g/mol. The molecule has 3 aromatic rings. The Kier molecular flexibility index (Phi) is 5.88. The molecule has 1 aromatic heterocycles. The van der Waals surface area contributed by atoms with E-state index in [1.807, 2.05) is 31.2 Å². The number of carbonyl (C=O) groups is 1. The summed E-state index contributed by atoms with van der Waals surface area (Å²) in [7, 11) is -3.67. The van der Waals surface area contributed by atoms with Crippen LogP contribution in [0.3, 0.4) is 0 Å². The highest BCUT2D eigenvalue weighted by Crippen LogP contribution is 2.31. The zero-order valence-corrected chi connectivity index (χ0v) is 18.2. The zero-order chi connectivity index (χ0) is 22.0. The number of nitrogens with zero attached hydrogens (tertiary/aromatic N) is 3. The van der Waals surface area contributed by atoms with E-state index in [0.29, 0.717) is 30.4 Å². The highest BCUT2D eigenvalue weighted by atomic mass is 32.2. The first kappa shape index (κ1) is 21.2. The lowest BCUT2D eigenvalue weighted by Crippen LogP contribution is -2.39. The molecule has 0 spiro atoms. The third-order valence-electron chi connectivity index (χ3n) is 5.28. The van der Waals surface area contributed by atoms with Gasteiger partial charge in [0.05, 0.1) is 10.8 Å². The molecule has 162 valence electrons. The average Bonchev–Trinajstić information content (AvgIpc) is 3.25. The summed E-state index contributed by atoms with van der Waals surface area (Å²) in [5.41, 5.74) is 2.53. The summed E-state index contributed by atoms with van der Waals surface area (Å²) >= 11 is 0. The van der Waals surface area contributed by atoms with E-state index in [9.17, 15) is 13.2 Å². The van der Waals surface area contributed by atoms with Crippen molar-refractivity contribution in [3.05, 3.63) is 60.0 Å². The van der Waals surface area contributed by atoms with Crippen molar-refractivity contribution in [2.24, 2.45) is 0 Å². The number of aromatic nitrogens is 2. The van der Waals surface area contributed by atoms with Crippen LogP contribution in [0.15, 0.2) is 57.8 Å². The molecular formula is C22H24N4O4S. The van der Waals surface area contributed by atoms with Gasteiger partial charge < -0.3 is 9.73 Å². The van der Waals surface area contributed by atoms with Gasteiger partial charge in [0.2, 0.25) is 27.7 Å². The number of hydrogen-bond donors (Lipinski definition) is 1. The molecule has 1 atom stereocenters. The summed E-state index contributed by atoms with van der Waals surface area (Å²) in [6.45, 7) is 4.13. The summed E-state index contributed by atoms with van der Waals surface area (Å²) in [5, 5.41) is 11.0. The van der Waals surface area contributed by atoms with E-state index in [1.54, 1.807) is 12.1 Å². The first-order chi connectivity index (χ1) is 14.8. The second-order valence-corrected chi connectivity index (χ2v) is 9.66. The molecule has 1 aliphatic heterocycles. The van der Waals surface area contributed by atoms with Gasteiger partial charge in [0.1, 0.15) is 0 Å². The Morgan fingerprint density at radius 2 is 1.81 bits per heavy atom. The third kappa shape index (κ3) is 4.67. The summed E-state index contributed by atoms with van der Waals surface area (Å²) in [5.74, 6) is 0.521. The minimum Gasteiger partial charge on any atom is -0.420 e. The van der Waals surface area contributed by atoms with Crippen molar-refractivity contribution in [2.45, 2.75) is 37.5 Å². The Bertz CT molecular complexity index is 1170. The minimum atomic E-state index is -3.67. The number of nitrogens with one attached hydrogen (secondary N) is 1. The lowest BCUT2D eigenvalue weighted by atomic mass is 10.00. The van der Waals surface area contributed by atoms with Crippen LogP contribution in [0.1, 0.15) is 37.1 Å². The molecule has 2 aromatic carbocycles. The molecule has 31 heavy (non-hydrogen) atoms. The van der Waals surface area contributed by atoms with Crippen molar-refractivity contribution in [3.8, 4) is 11.5 Å². The number of rotatable bonds is 5. The van der Waals surface area contributed by atoms with Gasteiger partial charge in [0.15, 0.2) is 0 Å². The van der Waals surface area contributed by atoms with E-state index >= 15 is 0 Å². The number of hydrogen-bond acceptors (Lipinski definition) is 6. The highest BCUT2D eigenvalue weighted by Gasteiger charge is 2.33. The van der Waals surface area contributed by atoms with Crippen LogP contribution in [0.4, 0.5) is 5.69 Å². The predicted molar refractivity (Wildman–Crippen MR) is 116 cm³/mol. The fraction of sp³-hybridized carbons (Fsp3) is 0.318. The van der Waals surface area contributed by atoms with Crippen LogP contribution in [0, 0.1) is 6.92 Å². The molecule has 0 radical (unpaired) electrons. The lowest BCUT2D eigenvalue weighted by Gasteiger charge is -2.30. The van der Waals surface area contributed by atoms with Crippen LogP contribution in [-0.4, -0.2) is 41.9 Å². The molecule has 8 nitrogen and oxygen atoms in total. The fourth-order valence-corrected chi connectivity index (χ4v) is 5.16. The number of anilines is 1. The molecule has 2 heterocycles. The van der Waals surface area contributed by atoms with E-state index in [-0.39, 0.29) is 23.3 Å². The Morgan fingerprint density at radius 1 is 1.10 bits per heavy atom. The Morgan fingerprint density at radius 3 is 2.48 bits per heavy atom. The quantitative estimate of drug-likeness (QED) is 0.650. The normalized spacial score (nSPS) is 17.4. The largest absolute Gasteiger partial charge is 0.420 e. The van der Waals surface area contributed by atoms with Gasteiger partial charge >= 0.3 is 0 Å². The van der Waals surface area contributed by atoms with E-state index < -0.39 is 10.0 Å². The van der Waals surface area contributed by atoms with E-state index in [1.165, 1.54) is 23.4 Å². The molecule has 4 rings (SSSR count). The third-order valence-corrected chi connectivity index (χ3v) is 7.16. The number of piperidine rings is 1. The zero-order valence-electron chi connectivity index (χ0n) is 17.4. The standard InChI is InChI=1S/C22H24N4O4S/c1-15-5-7-17(8-6-15)21-24-25-22(30-21)18-4-3-13-26(14-18)31(28,29)20-11-9-19(10-12-20)23-16(2)27/h5-12,18H,3-4,13-14H2,1-2H3,(H,23,27). The second kappa shape index (κ2) is 8.60. The molecule has 1 amide bonds. The molecule has 1 unspecified atom stereocenters. The van der Waals surface area contributed by atoms with Crippen molar-refractivity contribution in [2.75, 3.05) is 18.4 Å². The topological polar surface area (TPSA) is 105 Å². The Balaban J connectivity index is 1.50.